The first-order chi connectivity index (χ1) is 7.79. The van der Waals surface area contributed by atoms with Crippen LogP contribution in [0.15, 0.2) is 24.3 Å². The molecule has 0 spiro atoms. The van der Waals surface area contributed by atoms with Crippen molar-refractivity contribution in [3.8, 4) is 0 Å². The van der Waals surface area contributed by atoms with Gasteiger partial charge in [-0.15, -0.1) is 0 Å². The molecular weight excluding hydrogens is 269 g/mol. The number of hydrogen-bond donors (Lipinski definition) is 0. The standard InChI is InChI=1S/C13H17BrFN/c14-8-9-16(13-2-1-3-13)10-11-4-6-12(15)7-5-11/h4-7,13H,1-3,8-10H2. The SMILES string of the molecule is Fc1ccc(CN(CCBr)C2CCC2)cc1. The fourth-order valence-corrected chi connectivity index (χ4v) is 2.53. The molecule has 0 aromatic heterocycles. The summed E-state index contributed by atoms with van der Waals surface area (Å²) < 4.78 is 12.8. The first kappa shape index (κ1) is 12.1. The van der Waals surface area contributed by atoms with E-state index in [1.807, 2.05) is 12.1 Å². The average Bonchev–Trinajstić information content (AvgIpc) is 2.19. The van der Waals surface area contributed by atoms with E-state index in [0.717, 1.165) is 24.5 Å². The molecule has 0 N–H and O–H groups in total. The highest BCUT2D eigenvalue weighted by Gasteiger charge is 2.24. The van der Waals surface area contributed by atoms with Crippen molar-refractivity contribution in [2.45, 2.75) is 31.8 Å². The molecular formula is C13H17BrFN. The lowest BCUT2D eigenvalue weighted by Crippen LogP contribution is -2.40. The number of rotatable bonds is 5. The highest BCUT2D eigenvalue weighted by molar-refractivity contribution is 9.09. The highest BCUT2D eigenvalue weighted by atomic mass is 79.9. The molecule has 0 unspecified atom stereocenters. The first-order valence-corrected chi connectivity index (χ1v) is 6.96. The summed E-state index contributed by atoms with van der Waals surface area (Å²) in [5, 5.41) is 1.00. The summed E-state index contributed by atoms with van der Waals surface area (Å²) in [7, 11) is 0. The summed E-state index contributed by atoms with van der Waals surface area (Å²) in [4.78, 5) is 2.49. The van der Waals surface area contributed by atoms with Crippen LogP contribution in [0.5, 0.6) is 0 Å². The Kier molecular flexibility index (Phi) is 4.36. The van der Waals surface area contributed by atoms with Crippen molar-refractivity contribution in [2.24, 2.45) is 0 Å². The Balaban J connectivity index is 1.96. The van der Waals surface area contributed by atoms with Gasteiger partial charge in [-0.3, -0.25) is 4.90 Å². The first-order valence-electron chi connectivity index (χ1n) is 5.84. The molecule has 2 rings (SSSR count). The number of alkyl halides is 1. The summed E-state index contributed by atoms with van der Waals surface area (Å²) in [6.45, 7) is 2.01. The Morgan fingerprint density at radius 2 is 1.94 bits per heavy atom. The van der Waals surface area contributed by atoms with Crippen LogP contribution in [-0.4, -0.2) is 22.8 Å². The van der Waals surface area contributed by atoms with E-state index in [9.17, 15) is 4.39 Å². The van der Waals surface area contributed by atoms with Gasteiger partial charge >= 0.3 is 0 Å². The number of nitrogens with zero attached hydrogens (tertiary/aromatic N) is 1. The maximum Gasteiger partial charge on any atom is 0.123 e. The maximum absolute atomic E-state index is 12.8. The molecule has 0 atom stereocenters. The van der Waals surface area contributed by atoms with Gasteiger partial charge in [-0.2, -0.15) is 0 Å². The quantitative estimate of drug-likeness (QED) is 0.748. The molecule has 88 valence electrons. The molecule has 3 heteroatoms. The fourth-order valence-electron chi connectivity index (χ4n) is 2.08. The molecule has 0 heterocycles. The van der Waals surface area contributed by atoms with E-state index < -0.39 is 0 Å². The van der Waals surface area contributed by atoms with Crippen molar-refractivity contribution in [2.75, 3.05) is 11.9 Å². The van der Waals surface area contributed by atoms with Crippen molar-refractivity contribution < 1.29 is 4.39 Å². The Morgan fingerprint density at radius 3 is 2.44 bits per heavy atom. The number of hydrogen-bond acceptors (Lipinski definition) is 1. The molecule has 1 aromatic rings. The summed E-state index contributed by atoms with van der Waals surface area (Å²) in [5.41, 5.74) is 1.20. The van der Waals surface area contributed by atoms with Crippen LogP contribution in [-0.2, 0) is 6.54 Å². The molecule has 0 amide bonds. The summed E-state index contributed by atoms with van der Waals surface area (Å²) >= 11 is 3.49. The van der Waals surface area contributed by atoms with Gasteiger partial charge in [-0.05, 0) is 30.5 Å². The largest absolute Gasteiger partial charge is 0.295 e. The predicted octanol–water partition coefficient (Wildman–Crippen LogP) is 3.58. The van der Waals surface area contributed by atoms with Gasteiger partial charge in [-0.1, -0.05) is 34.5 Å². The molecule has 0 bridgehead atoms. The number of halogens is 2. The minimum absolute atomic E-state index is 0.153. The van der Waals surface area contributed by atoms with Gasteiger partial charge in [0, 0.05) is 24.5 Å². The van der Waals surface area contributed by atoms with Crippen molar-refractivity contribution in [3.63, 3.8) is 0 Å². The summed E-state index contributed by atoms with van der Waals surface area (Å²) in [6.07, 6.45) is 3.98. The smallest absolute Gasteiger partial charge is 0.123 e. The van der Waals surface area contributed by atoms with Gasteiger partial charge in [0.1, 0.15) is 5.82 Å². The van der Waals surface area contributed by atoms with Gasteiger partial charge in [-0.25, -0.2) is 4.39 Å². The molecule has 0 saturated heterocycles. The van der Waals surface area contributed by atoms with E-state index in [1.165, 1.54) is 24.8 Å². The summed E-state index contributed by atoms with van der Waals surface area (Å²) in [6, 6.07) is 7.59. The second-order valence-electron chi connectivity index (χ2n) is 4.37. The Bertz CT molecular complexity index is 321. The fraction of sp³-hybridized carbons (Fsp3) is 0.538. The zero-order valence-corrected chi connectivity index (χ0v) is 10.9. The topological polar surface area (TPSA) is 3.24 Å². The second-order valence-corrected chi connectivity index (χ2v) is 5.16. The van der Waals surface area contributed by atoms with Crippen LogP contribution >= 0.6 is 15.9 Å². The molecule has 1 fully saturated rings. The third-order valence-electron chi connectivity index (χ3n) is 3.26. The van der Waals surface area contributed by atoms with Crippen LogP contribution in [0.1, 0.15) is 24.8 Å². The molecule has 1 nitrogen and oxygen atoms in total. The van der Waals surface area contributed by atoms with E-state index in [4.69, 9.17) is 0 Å². The third-order valence-corrected chi connectivity index (χ3v) is 3.62. The Labute approximate surface area is 105 Å². The predicted molar refractivity (Wildman–Crippen MR) is 68.2 cm³/mol. The van der Waals surface area contributed by atoms with Crippen molar-refractivity contribution >= 4 is 15.9 Å². The maximum atomic E-state index is 12.8. The van der Waals surface area contributed by atoms with E-state index in [1.54, 1.807) is 12.1 Å². The van der Waals surface area contributed by atoms with Crippen LogP contribution in [0.25, 0.3) is 0 Å². The molecule has 1 aliphatic rings. The van der Waals surface area contributed by atoms with Crippen molar-refractivity contribution in [3.05, 3.63) is 35.6 Å². The van der Waals surface area contributed by atoms with Crippen molar-refractivity contribution in [1.82, 2.24) is 4.90 Å². The van der Waals surface area contributed by atoms with Crippen LogP contribution in [0.3, 0.4) is 0 Å². The molecule has 0 radical (unpaired) electrons. The third kappa shape index (κ3) is 3.05. The zero-order chi connectivity index (χ0) is 11.4. The molecule has 1 saturated carbocycles. The Morgan fingerprint density at radius 1 is 1.25 bits per heavy atom. The molecule has 0 aliphatic heterocycles. The second kappa shape index (κ2) is 5.78. The van der Waals surface area contributed by atoms with Crippen LogP contribution in [0.2, 0.25) is 0 Å². The normalized spacial score (nSPS) is 16.4. The van der Waals surface area contributed by atoms with Crippen LogP contribution in [0, 0.1) is 5.82 Å². The lowest BCUT2D eigenvalue weighted by molar-refractivity contribution is 0.128. The zero-order valence-electron chi connectivity index (χ0n) is 9.33. The monoisotopic (exact) mass is 285 g/mol. The lowest BCUT2D eigenvalue weighted by atomic mass is 9.91. The van der Waals surface area contributed by atoms with Crippen LogP contribution in [0.4, 0.5) is 4.39 Å². The van der Waals surface area contributed by atoms with Gasteiger partial charge in [0.05, 0.1) is 0 Å². The van der Waals surface area contributed by atoms with Gasteiger partial charge in [0.15, 0.2) is 0 Å². The van der Waals surface area contributed by atoms with Gasteiger partial charge in [0.25, 0.3) is 0 Å². The van der Waals surface area contributed by atoms with E-state index in [2.05, 4.69) is 20.8 Å². The minimum atomic E-state index is -0.153. The molecule has 1 aromatic carbocycles. The average molecular weight is 286 g/mol. The highest BCUT2D eigenvalue weighted by Crippen LogP contribution is 2.26. The van der Waals surface area contributed by atoms with Gasteiger partial charge in [0.2, 0.25) is 0 Å². The van der Waals surface area contributed by atoms with Crippen molar-refractivity contribution in [1.29, 1.82) is 0 Å². The molecule has 1 aliphatic carbocycles. The van der Waals surface area contributed by atoms with Crippen LogP contribution < -0.4 is 0 Å². The minimum Gasteiger partial charge on any atom is -0.295 e. The van der Waals surface area contributed by atoms with E-state index in [-0.39, 0.29) is 5.82 Å². The Hall–Kier alpha value is -0.410. The number of benzene rings is 1. The van der Waals surface area contributed by atoms with Gasteiger partial charge < -0.3 is 0 Å². The molecule has 16 heavy (non-hydrogen) atoms. The van der Waals surface area contributed by atoms with E-state index in [0.29, 0.717) is 0 Å². The summed E-state index contributed by atoms with van der Waals surface area (Å²) in [5.74, 6) is -0.153. The lowest BCUT2D eigenvalue weighted by Gasteiger charge is -2.37. The van der Waals surface area contributed by atoms with E-state index >= 15 is 0 Å².